The monoisotopic (exact) mass is 150 g/mol. The number of ketones is 1. The van der Waals surface area contributed by atoms with Gasteiger partial charge in [0.25, 0.3) is 0 Å². The quantitative estimate of drug-likeness (QED) is 0.484. The van der Waals surface area contributed by atoms with E-state index in [0.29, 0.717) is 17.6 Å². The first-order valence-electron chi connectivity index (χ1n) is 4.47. The lowest BCUT2D eigenvalue weighted by Crippen LogP contribution is -2.23. The molecular weight excluding hydrogens is 136 g/mol. The molecule has 0 bridgehead atoms. The van der Waals surface area contributed by atoms with E-state index in [1.54, 1.807) is 0 Å². The van der Waals surface area contributed by atoms with Gasteiger partial charge >= 0.3 is 0 Å². The maximum absolute atomic E-state index is 11.4. The van der Waals surface area contributed by atoms with Crippen molar-refractivity contribution in [3.63, 3.8) is 0 Å². The van der Waals surface area contributed by atoms with Gasteiger partial charge in [0.2, 0.25) is 0 Å². The van der Waals surface area contributed by atoms with Gasteiger partial charge in [-0.3, -0.25) is 4.79 Å². The van der Waals surface area contributed by atoms with Crippen LogP contribution in [0.5, 0.6) is 0 Å². The highest BCUT2D eigenvalue weighted by molar-refractivity contribution is 5.82. The molecule has 0 aromatic rings. The van der Waals surface area contributed by atoms with Crippen molar-refractivity contribution in [2.75, 3.05) is 0 Å². The van der Waals surface area contributed by atoms with E-state index in [4.69, 9.17) is 0 Å². The molecule has 0 radical (unpaired) electrons. The molecule has 0 aromatic carbocycles. The third kappa shape index (κ3) is 1.13. The molecule has 0 aromatic heterocycles. The van der Waals surface area contributed by atoms with Gasteiger partial charge in [-0.25, -0.2) is 0 Å². The topological polar surface area (TPSA) is 17.1 Å². The van der Waals surface area contributed by atoms with Crippen molar-refractivity contribution < 1.29 is 4.79 Å². The summed E-state index contributed by atoms with van der Waals surface area (Å²) in [5.74, 6) is 1.54. The second-order valence-corrected chi connectivity index (χ2v) is 3.88. The summed E-state index contributed by atoms with van der Waals surface area (Å²) in [6.45, 7) is 3.96. The summed E-state index contributed by atoms with van der Waals surface area (Å²) in [5, 5.41) is 0. The van der Waals surface area contributed by atoms with E-state index in [1.165, 1.54) is 12.0 Å². The highest BCUT2D eigenvalue weighted by Crippen LogP contribution is 2.42. The van der Waals surface area contributed by atoms with Crippen molar-refractivity contribution >= 4 is 5.78 Å². The van der Waals surface area contributed by atoms with E-state index in [0.717, 1.165) is 25.7 Å². The van der Waals surface area contributed by atoms with Gasteiger partial charge in [-0.15, -0.1) is 0 Å². The summed E-state index contributed by atoms with van der Waals surface area (Å²) in [4.78, 5) is 11.4. The molecule has 11 heavy (non-hydrogen) atoms. The Hall–Kier alpha value is -0.590. The van der Waals surface area contributed by atoms with Crippen LogP contribution in [0.15, 0.2) is 12.2 Å². The molecule has 1 nitrogen and oxygen atoms in total. The van der Waals surface area contributed by atoms with Crippen molar-refractivity contribution in [2.45, 2.75) is 32.1 Å². The highest BCUT2D eigenvalue weighted by Gasteiger charge is 2.36. The average molecular weight is 150 g/mol. The first-order valence-corrected chi connectivity index (χ1v) is 4.47. The van der Waals surface area contributed by atoms with Crippen LogP contribution in [0, 0.1) is 11.8 Å². The smallest absolute Gasteiger partial charge is 0.136 e. The molecule has 2 aliphatic rings. The molecule has 2 saturated carbocycles. The Labute approximate surface area is 67.5 Å². The largest absolute Gasteiger partial charge is 0.299 e. The molecule has 60 valence electrons. The average Bonchev–Trinajstić information content (AvgIpc) is 2.31. The summed E-state index contributed by atoms with van der Waals surface area (Å²) < 4.78 is 0. The lowest BCUT2D eigenvalue weighted by atomic mass is 9.81. The molecule has 0 saturated heterocycles. The predicted octanol–water partition coefficient (Wildman–Crippen LogP) is 2.32. The van der Waals surface area contributed by atoms with Crippen LogP contribution >= 0.6 is 0 Å². The fourth-order valence-corrected chi connectivity index (χ4v) is 2.48. The van der Waals surface area contributed by atoms with Crippen LogP contribution in [0.2, 0.25) is 0 Å². The summed E-state index contributed by atoms with van der Waals surface area (Å²) in [5.41, 5.74) is 1.30. The molecular formula is C10H14O. The summed E-state index contributed by atoms with van der Waals surface area (Å²) in [6, 6.07) is 0. The molecule has 0 heterocycles. The van der Waals surface area contributed by atoms with Crippen molar-refractivity contribution in [2.24, 2.45) is 11.8 Å². The predicted molar refractivity (Wildman–Crippen MR) is 44.2 cm³/mol. The fraction of sp³-hybridized carbons (Fsp3) is 0.700. The first-order chi connectivity index (χ1) is 5.27. The minimum atomic E-state index is 0.372. The Bertz CT molecular complexity index is 205. The molecule has 0 aliphatic heterocycles. The zero-order chi connectivity index (χ0) is 7.84. The molecule has 1 heteroatoms. The van der Waals surface area contributed by atoms with E-state index in [-0.39, 0.29) is 0 Å². The molecule has 2 fully saturated rings. The van der Waals surface area contributed by atoms with Gasteiger partial charge < -0.3 is 0 Å². The van der Waals surface area contributed by atoms with E-state index in [2.05, 4.69) is 6.58 Å². The van der Waals surface area contributed by atoms with Crippen LogP contribution < -0.4 is 0 Å². The standard InChI is InChI=1S/C10H14O/c1-7-5-8-3-2-4-10(11)9(8)6-7/h8-9H,1-6H2/t8-,9+/m1/s1. The van der Waals surface area contributed by atoms with Gasteiger partial charge in [0, 0.05) is 12.3 Å². The Balaban J connectivity index is 2.15. The van der Waals surface area contributed by atoms with Crippen LogP contribution in [0.1, 0.15) is 32.1 Å². The van der Waals surface area contributed by atoms with Crippen LogP contribution in [0.25, 0.3) is 0 Å². The zero-order valence-electron chi connectivity index (χ0n) is 6.81. The number of carbonyl (C=O) groups is 1. The van der Waals surface area contributed by atoms with Gasteiger partial charge in [0.15, 0.2) is 0 Å². The van der Waals surface area contributed by atoms with E-state index in [9.17, 15) is 4.79 Å². The van der Waals surface area contributed by atoms with Crippen LogP contribution in [0.3, 0.4) is 0 Å². The lowest BCUT2D eigenvalue weighted by molar-refractivity contribution is -0.125. The summed E-state index contributed by atoms with van der Waals surface area (Å²) in [7, 11) is 0. The zero-order valence-corrected chi connectivity index (χ0v) is 6.81. The van der Waals surface area contributed by atoms with Crippen molar-refractivity contribution in [3.05, 3.63) is 12.2 Å². The molecule has 2 atom stereocenters. The van der Waals surface area contributed by atoms with Gasteiger partial charge in [0.05, 0.1) is 0 Å². The van der Waals surface area contributed by atoms with Gasteiger partial charge in [-0.1, -0.05) is 12.2 Å². The maximum atomic E-state index is 11.4. The van der Waals surface area contributed by atoms with E-state index < -0.39 is 0 Å². The molecule has 0 amide bonds. The molecule has 2 rings (SSSR count). The van der Waals surface area contributed by atoms with E-state index in [1.807, 2.05) is 0 Å². The Kier molecular flexibility index (Phi) is 1.59. The minimum Gasteiger partial charge on any atom is -0.299 e. The van der Waals surface area contributed by atoms with Gasteiger partial charge in [0.1, 0.15) is 5.78 Å². The SMILES string of the molecule is C=C1C[C@H]2CCCC(=O)[C@H]2C1. The number of allylic oxidation sites excluding steroid dienone is 1. The molecule has 0 N–H and O–H groups in total. The van der Waals surface area contributed by atoms with Crippen LogP contribution in [-0.2, 0) is 4.79 Å². The molecule has 2 aliphatic carbocycles. The third-order valence-corrected chi connectivity index (χ3v) is 3.04. The molecule has 0 unspecified atom stereocenters. The summed E-state index contributed by atoms with van der Waals surface area (Å²) in [6.07, 6.45) is 5.32. The maximum Gasteiger partial charge on any atom is 0.136 e. The Morgan fingerprint density at radius 3 is 2.91 bits per heavy atom. The van der Waals surface area contributed by atoms with Gasteiger partial charge in [-0.2, -0.15) is 0 Å². The minimum absolute atomic E-state index is 0.372. The first kappa shape index (κ1) is 7.08. The Morgan fingerprint density at radius 1 is 1.36 bits per heavy atom. The van der Waals surface area contributed by atoms with Crippen molar-refractivity contribution in [1.29, 1.82) is 0 Å². The van der Waals surface area contributed by atoms with Crippen molar-refractivity contribution in [1.82, 2.24) is 0 Å². The normalized spacial score (nSPS) is 37.5. The number of rotatable bonds is 0. The molecule has 0 spiro atoms. The third-order valence-electron chi connectivity index (χ3n) is 3.04. The Morgan fingerprint density at radius 2 is 2.18 bits per heavy atom. The summed E-state index contributed by atoms with van der Waals surface area (Å²) >= 11 is 0. The van der Waals surface area contributed by atoms with Gasteiger partial charge in [-0.05, 0) is 31.6 Å². The number of carbonyl (C=O) groups excluding carboxylic acids is 1. The number of Topliss-reactive ketones (excluding diaryl/α,β-unsaturated/α-hetero) is 1. The van der Waals surface area contributed by atoms with Crippen LogP contribution in [-0.4, -0.2) is 5.78 Å². The number of hydrogen-bond acceptors (Lipinski definition) is 1. The second-order valence-electron chi connectivity index (χ2n) is 3.88. The fourth-order valence-electron chi connectivity index (χ4n) is 2.48. The number of hydrogen-bond donors (Lipinski definition) is 0. The van der Waals surface area contributed by atoms with Crippen molar-refractivity contribution in [3.8, 4) is 0 Å². The highest BCUT2D eigenvalue weighted by atomic mass is 16.1. The lowest BCUT2D eigenvalue weighted by Gasteiger charge is -2.22. The number of fused-ring (bicyclic) bond motifs is 1. The van der Waals surface area contributed by atoms with E-state index >= 15 is 0 Å². The second kappa shape index (κ2) is 2.47. The van der Waals surface area contributed by atoms with Crippen LogP contribution in [0.4, 0.5) is 0 Å².